The number of nitrogens with two attached hydrogens (primary N) is 1. The molecule has 1 aromatic heterocycles. The topological polar surface area (TPSA) is 51.4 Å². The first-order chi connectivity index (χ1) is 9.24. The summed E-state index contributed by atoms with van der Waals surface area (Å²) in [5.41, 5.74) is 7.40. The lowest BCUT2D eigenvalue weighted by Crippen LogP contribution is -2.45. The van der Waals surface area contributed by atoms with Gasteiger partial charge in [-0.25, -0.2) is 0 Å². The maximum Gasteiger partial charge on any atom is 0.0472 e. The third kappa shape index (κ3) is 4.27. The van der Waals surface area contributed by atoms with Crippen LogP contribution in [0.4, 0.5) is 0 Å². The first-order valence-electron chi connectivity index (χ1n) is 7.10. The zero-order valence-corrected chi connectivity index (χ0v) is 11.8. The molecule has 1 fully saturated rings. The molecule has 4 nitrogen and oxygen atoms in total. The van der Waals surface area contributed by atoms with Crippen LogP contribution < -0.4 is 5.73 Å². The molecule has 1 aliphatic heterocycles. The van der Waals surface area contributed by atoms with Crippen LogP contribution in [-0.4, -0.2) is 49.8 Å². The molecule has 1 aromatic rings. The molecule has 2 N–H and O–H groups in total. The third-order valence-electron chi connectivity index (χ3n) is 4.07. The predicted molar refractivity (Wildman–Crippen MR) is 77.0 cm³/mol. The summed E-state index contributed by atoms with van der Waals surface area (Å²) < 4.78 is 5.45. The fraction of sp³-hybridized carbons (Fsp3) is 0.667. The van der Waals surface area contributed by atoms with Crippen LogP contribution in [0.15, 0.2) is 24.4 Å². The van der Waals surface area contributed by atoms with E-state index in [1.165, 1.54) is 0 Å². The van der Waals surface area contributed by atoms with Crippen LogP contribution in [0.1, 0.15) is 18.5 Å². The second-order valence-electron chi connectivity index (χ2n) is 5.63. The van der Waals surface area contributed by atoms with Crippen molar-refractivity contribution in [2.24, 2.45) is 11.1 Å². The van der Waals surface area contributed by atoms with Gasteiger partial charge < -0.3 is 15.4 Å². The molecule has 2 rings (SSSR count). The molecule has 1 saturated heterocycles. The molecule has 0 amide bonds. The molecular formula is C15H25N3O. The van der Waals surface area contributed by atoms with Crippen LogP contribution >= 0.6 is 0 Å². The molecule has 0 aliphatic carbocycles. The molecule has 0 atom stereocenters. The summed E-state index contributed by atoms with van der Waals surface area (Å²) in [4.78, 5) is 6.75. The Labute approximate surface area is 116 Å². The summed E-state index contributed by atoms with van der Waals surface area (Å²) in [6.45, 7) is 4.54. The number of ether oxygens (including phenoxy) is 1. The van der Waals surface area contributed by atoms with E-state index in [-0.39, 0.29) is 5.41 Å². The second-order valence-corrected chi connectivity index (χ2v) is 5.63. The van der Waals surface area contributed by atoms with Crippen molar-refractivity contribution in [2.45, 2.75) is 19.3 Å². The fourth-order valence-electron chi connectivity index (χ4n) is 2.73. The summed E-state index contributed by atoms with van der Waals surface area (Å²) in [5, 5.41) is 0. The van der Waals surface area contributed by atoms with Crippen LogP contribution in [0.5, 0.6) is 0 Å². The standard InChI is InChI=1S/C15H25N3O/c1-18(9-5-14-4-2-3-8-17-14)13-15(12-16)6-10-19-11-7-15/h2-4,8H,5-7,9-13,16H2,1H3. The van der Waals surface area contributed by atoms with Crippen LogP contribution in [0, 0.1) is 5.41 Å². The zero-order valence-electron chi connectivity index (χ0n) is 11.8. The van der Waals surface area contributed by atoms with Gasteiger partial charge in [0.2, 0.25) is 0 Å². The lowest BCUT2D eigenvalue weighted by Gasteiger charge is -2.39. The Kier molecular flexibility index (Phi) is 5.31. The Morgan fingerprint density at radius 1 is 1.37 bits per heavy atom. The highest BCUT2D eigenvalue weighted by molar-refractivity contribution is 5.03. The van der Waals surface area contributed by atoms with Gasteiger partial charge in [-0.1, -0.05) is 6.07 Å². The first kappa shape index (κ1) is 14.4. The highest BCUT2D eigenvalue weighted by Gasteiger charge is 2.32. The number of likely N-dealkylation sites (N-methyl/N-ethyl adjacent to an activating group) is 1. The number of pyridine rings is 1. The Balaban J connectivity index is 1.81. The Morgan fingerprint density at radius 2 is 2.16 bits per heavy atom. The van der Waals surface area contributed by atoms with E-state index >= 15 is 0 Å². The normalized spacial score (nSPS) is 18.7. The van der Waals surface area contributed by atoms with Gasteiger partial charge in [-0.3, -0.25) is 4.98 Å². The van der Waals surface area contributed by atoms with Crippen molar-refractivity contribution < 1.29 is 4.74 Å². The van der Waals surface area contributed by atoms with Crippen LogP contribution in [0.2, 0.25) is 0 Å². The summed E-state index contributed by atoms with van der Waals surface area (Å²) >= 11 is 0. The van der Waals surface area contributed by atoms with Crippen molar-refractivity contribution in [1.82, 2.24) is 9.88 Å². The molecule has 1 aliphatic rings. The minimum atomic E-state index is 0.247. The van der Waals surface area contributed by atoms with Gasteiger partial charge in [-0.05, 0) is 44.0 Å². The Bertz CT molecular complexity index is 363. The smallest absolute Gasteiger partial charge is 0.0472 e. The highest BCUT2D eigenvalue weighted by Crippen LogP contribution is 2.29. The van der Waals surface area contributed by atoms with Crippen molar-refractivity contribution >= 4 is 0 Å². The highest BCUT2D eigenvalue weighted by atomic mass is 16.5. The van der Waals surface area contributed by atoms with E-state index in [1.807, 2.05) is 18.3 Å². The van der Waals surface area contributed by atoms with E-state index in [9.17, 15) is 0 Å². The van der Waals surface area contributed by atoms with Crippen LogP contribution in [0.3, 0.4) is 0 Å². The molecular weight excluding hydrogens is 238 g/mol. The molecule has 4 heteroatoms. The number of aromatic nitrogens is 1. The Morgan fingerprint density at radius 3 is 2.79 bits per heavy atom. The average Bonchev–Trinajstić information content (AvgIpc) is 2.47. The van der Waals surface area contributed by atoms with Crippen molar-refractivity contribution in [3.63, 3.8) is 0 Å². The lowest BCUT2D eigenvalue weighted by molar-refractivity contribution is 0.00385. The molecule has 106 valence electrons. The summed E-state index contributed by atoms with van der Waals surface area (Å²) in [6, 6.07) is 6.09. The number of hydrogen-bond acceptors (Lipinski definition) is 4. The minimum Gasteiger partial charge on any atom is -0.381 e. The van der Waals surface area contributed by atoms with Crippen molar-refractivity contribution in [2.75, 3.05) is 39.9 Å². The molecule has 2 heterocycles. The maximum atomic E-state index is 6.00. The Hall–Kier alpha value is -0.970. The van der Waals surface area contributed by atoms with Crippen molar-refractivity contribution in [3.8, 4) is 0 Å². The zero-order chi connectivity index (χ0) is 13.6. The SMILES string of the molecule is CN(CCc1ccccn1)CC1(CN)CCOCC1. The van der Waals surface area contributed by atoms with Gasteiger partial charge in [-0.15, -0.1) is 0 Å². The molecule has 0 unspecified atom stereocenters. The number of hydrogen-bond donors (Lipinski definition) is 1. The van der Waals surface area contributed by atoms with Crippen LogP contribution in [-0.2, 0) is 11.2 Å². The lowest BCUT2D eigenvalue weighted by atomic mass is 9.80. The summed E-state index contributed by atoms with van der Waals surface area (Å²) in [5.74, 6) is 0. The van der Waals surface area contributed by atoms with Crippen molar-refractivity contribution in [1.29, 1.82) is 0 Å². The molecule has 0 bridgehead atoms. The van der Waals surface area contributed by atoms with E-state index < -0.39 is 0 Å². The van der Waals surface area contributed by atoms with Gasteiger partial charge in [-0.2, -0.15) is 0 Å². The quantitative estimate of drug-likeness (QED) is 0.841. The van der Waals surface area contributed by atoms with E-state index in [4.69, 9.17) is 10.5 Å². The molecule has 19 heavy (non-hydrogen) atoms. The molecule has 0 radical (unpaired) electrons. The largest absolute Gasteiger partial charge is 0.381 e. The van der Waals surface area contributed by atoms with E-state index in [1.54, 1.807) is 0 Å². The summed E-state index contributed by atoms with van der Waals surface area (Å²) in [7, 11) is 2.18. The number of nitrogens with zero attached hydrogens (tertiary/aromatic N) is 2. The van der Waals surface area contributed by atoms with E-state index in [0.29, 0.717) is 0 Å². The monoisotopic (exact) mass is 263 g/mol. The first-order valence-corrected chi connectivity index (χ1v) is 7.10. The van der Waals surface area contributed by atoms with Gasteiger partial charge in [0.25, 0.3) is 0 Å². The molecule has 0 saturated carbocycles. The average molecular weight is 263 g/mol. The van der Waals surface area contributed by atoms with E-state index in [2.05, 4.69) is 23.0 Å². The fourth-order valence-corrected chi connectivity index (χ4v) is 2.73. The predicted octanol–water partition coefficient (Wildman–Crippen LogP) is 1.31. The third-order valence-corrected chi connectivity index (χ3v) is 4.07. The maximum absolute atomic E-state index is 6.00. The summed E-state index contributed by atoms with van der Waals surface area (Å²) in [6.07, 6.45) is 5.01. The minimum absolute atomic E-state index is 0.247. The van der Waals surface area contributed by atoms with Gasteiger partial charge in [0.15, 0.2) is 0 Å². The van der Waals surface area contributed by atoms with Crippen molar-refractivity contribution in [3.05, 3.63) is 30.1 Å². The van der Waals surface area contributed by atoms with Gasteiger partial charge in [0.05, 0.1) is 0 Å². The van der Waals surface area contributed by atoms with Gasteiger partial charge in [0, 0.05) is 44.6 Å². The van der Waals surface area contributed by atoms with Crippen LogP contribution in [0.25, 0.3) is 0 Å². The van der Waals surface area contributed by atoms with Gasteiger partial charge >= 0.3 is 0 Å². The van der Waals surface area contributed by atoms with Gasteiger partial charge in [0.1, 0.15) is 0 Å². The molecule has 0 aromatic carbocycles. The number of rotatable bonds is 6. The van der Waals surface area contributed by atoms with E-state index in [0.717, 1.165) is 57.8 Å². The second kappa shape index (κ2) is 6.98. The molecule has 0 spiro atoms.